The number of hydrogen-bond acceptors (Lipinski definition) is 9. The molecule has 0 saturated carbocycles. The van der Waals surface area contributed by atoms with E-state index in [2.05, 4.69) is 89.9 Å². The van der Waals surface area contributed by atoms with Gasteiger partial charge < -0.3 is 28.4 Å². The minimum atomic E-state index is -2.20. The van der Waals surface area contributed by atoms with Crippen molar-refractivity contribution in [3.8, 4) is 11.8 Å². The van der Waals surface area contributed by atoms with Crippen molar-refractivity contribution in [2.45, 2.75) is 135 Å². The molecular weight excluding hydrogens is 627 g/mol. The van der Waals surface area contributed by atoms with Gasteiger partial charge in [0.2, 0.25) is 0 Å². The van der Waals surface area contributed by atoms with Gasteiger partial charge in [0.15, 0.2) is 23.2 Å². The number of ether oxygens (including phenoxy) is 3. The van der Waals surface area contributed by atoms with Crippen LogP contribution in [0.4, 0.5) is 4.79 Å². The normalized spacial score (nSPS) is 19.3. The van der Waals surface area contributed by atoms with E-state index in [1.54, 1.807) is 20.8 Å². The lowest BCUT2D eigenvalue weighted by Gasteiger charge is -2.40. The summed E-state index contributed by atoms with van der Waals surface area (Å²) in [6.07, 6.45) is -0.378. The summed E-state index contributed by atoms with van der Waals surface area (Å²) in [6, 6.07) is 0. The molecule has 1 saturated heterocycles. The lowest BCUT2D eigenvalue weighted by Crippen LogP contribution is -2.48. The second kappa shape index (κ2) is 15.0. The molecule has 0 aromatic carbocycles. The SMILES string of the molecule is CC(C)(C)OC(=O)NCCC(=O)OCC#Cc1cn(C2CC(O[Si](C)(C)C(C)(C)C)C(CO[Si](C)(C)C(C)(C)C)O2)c(=O)[nH]c1=O. The summed E-state index contributed by atoms with van der Waals surface area (Å²) in [5.74, 6) is 4.74. The van der Waals surface area contributed by atoms with E-state index in [9.17, 15) is 19.2 Å². The Kier molecular flexibility index (Phi) is 12.9. The van der Waals surface area contributed by atoms with E-state index < -0.39 is 57.9 Å². The lowest BCUT2D eigenvalue weighted by molar-refractivity contribution is -0.142. The van der Waals surface area contributed by atoms with Gasteiger partial charge in [-0.25, -0.2) is 9.59 Å². The Hall–Kier alpha value is -2.71. The molecule has 1 aromatic rings. The smallest absolute Gasteiger partial charge is 0.407 e. The topological polar surface area (TPSA) is 147 Å². The first kappa shape index (κ1) is 39.5. The highest BCUT2D eigenvalue weighted by atomic mass is 28.4. The second-order valence-electron chi connectivity index (χ2n) is 15.7. The number of nitrogens with one attached hydrogen (secondary N) is 2. The number of rotatable bonds is 10. The average Bonchev–Trinajstić information content (AvgIpc) is 3.25. The van der Waals surface area contributed by atoms with Crippen LogP contribution in [0.5, 0.6) is 0 Å². The van der Waals surface area contributed by atoms with Crippen LogP contribution in [0.25, 0.3) is 0 Å². The van der Waals surface area contributed by atoms with Gasteiger partial charge in [-0.1, -0.05) is 53.4 Å². The molecule has 1 aliphatic heterocycles. The van der Waals surface area contributed by atoms with Gasteiger partial charge >= 0.3 is 17.8 Å². The molecular formula is C32H55N3O9Si2. The maximum Gasteiger partial charge on any atom is 0.407 e. The molecule has 12 nitrogen and oxygen atoms in total. The lowest BCUT2D eigenvalue weighted by atomic mass is 10.2. The van der Waals surface area contributed by atoms with Gasteiger partial charge in [-0.15, -0.1) is 0 Å². The number of esters is 1. The number of carbonyl (C=O) groups is 2. The number of alkyl carbamates (subject to hydrolysis) is 1. The quantitative estimate of drug-likeness (QED) is 0.197. The Bertz CT molecular complexity index is 1400. The molecule has 1 amide bonds. The van der Waals surface area contributed by atoms with E-state index in [4.69, 9.17) is 23.1 Å². The van der Waals surface area contributed by atoms with Gasteiger partial charge in [0.25, 0.3) is 5.56 Å². The van der Waals surface area contributed by atoms with Gasteiger partial charge in [-0.3, -0.25) is 19.1 Å². The van der Waals surface area contributed by atoms with E-state index in [1.807, 2.05) is 0 Å². The zero-order valence-corrected chi connectivity index (χ0v) is 32.0. The Balaban J connectivity index is 2.17. The molecule has 0 radical (unpaired) electrons. The maximum atomic E-state index is 12.9. The van der Waals surface area contributed by atoms with Crippen LogP contribution in [0.1, 0.15) is 86.9 Å². The van der Waals surface area contributed by atoms with Gasteiger partial charge in [-0.2, -0.15) is 0 Å². The van der Waals surface area contributed by atoms with Crippen LogP contribution in [0.15, 0.2) is 15.8 Å². The molecule has 3 unspecified atom stereocenters. The van der Waals surface area contributed by atoms with Crippen molar-refractivity contribution in [3.63, 3.8) is 0 Å². The molecule has 0 aliphatic carbocycles. The predicted molar refractivity (Wildman–Crippen MR) is 182 cm³/mol. The van der Waals surface area contributed by atoms with Crippen LogP contribution in [0.2, 0.25) is 36.3 Å². The van der Waals surface area contributed by atoms with Gasteiger partial charge in [0.05, 0.1) is 19.1 Å². The summed E-state index contributed by atoms with van der Waals surface area (Å²) >= 11 is 0. The van der Waals surface area contributed by atoms with Crippen LogP contribution >= 0.6 is 0 Å². The number of hydrogen-bond donors (Lipinski definition) is 2. The van der Waals surface area contributed by atoms with E-state index in [-0.39, 0.29) is 41.3 Å². The summed E-state index contributed by atoms with van der Waals surface area (Å²) in [7, 11) is -4.30. The van der Waals surface area contributed by atoms with Gasteiger partial charge in [0.1, 0.15) is 23.5 Å². The summed E-state index contributed by atoms with van der Waals surface area (Å²) in [5.41, 5.74) is -1.91. The highest BCUT2D eigenvalue weighted by Gasteiger charge is 2.46. The van der Waals surface area contributed by atoms with Crippen molar-refractivity contribution < 1.29 is 32.7 Å². The average molecular weight is 682 g/mol. The third kappa shape index (κ3) is 11.5. The summed E-state index contributed by atoms with van der Waals surface area (Å²) in [6.45, 7) is 27.0. The van der Waals surface area contributed by atoms with Crippen molar-refractivity contribution in [1.82, 2.24) is 14.9 Å². The zero-order chi connectivity index (χ0) is 35.3. The first-order valence-corrected chi connectivity index (χ1v) is 21.6. The second-order valence-corrected chi connectivity index (χ2v) is 25.3. The fourth-order valence-electron chi connectivity index (χ4n) is 3.90. The summed E-state index contributed by atoms with van der Waals surface area (Å²) < 4.78 is 31.3. The Morgan fingerprint density at radius 3 is 2.20 bits per heavy atom. The van der Waals surface area contributed by atoms with Crippen molar-refractivity contribution in [3.05, 3.63) is 32.6 Å². The monoisotopic (exact) mass is 681 g/mol. The number of nitrogens with zero attached hydrogens (tertiary/aromatic N) is 1. The predicted octanol–water partition coefficient (Wildman–Crippen LogP) is 5.05. The van der Waals surface area contributed by atoms with E-state index >= 15 is 0 Å². The van der Waals surface area contributed by atoms with Gasteiger partial charge in [0, 0.05) is 19.2 Å². The van der Waals surface area contributed by atoms with Crippen LogP contribution < -0.4 is 16.6 Å². The number of H-pyrrole nitrogens is 1. The molecule has 2 N–H and O–H groups in total. The Morgan fingerprint density at radius 1 is 1.02 bits per heavy atom. The molecule has 3 atom stereocenters. The molecule has 0 spiro atoms. The van der Waals surface area contributed by atoms with Crippen LogP contribution in [0.3, 0.4) is 0 Å². The molecule has 2 heterocycles. The fraction of sp³-hybridized carbons (Fsp3) is 0.750. The molecule has 14 heteroatoms. The Labute approximate surface area is 275 Å². The summed E-state index contributed by atoms with van der Waals surface area (Å²) in [4.78, 5) is 51.6. The molecule has 2 rings (SSSR count). The molecule has 260 valence electrons. The highest BCUT2D eigenvalue weighted by molar-refractivity contribution is 6.74. The van der Waals surface area contributed by atoms with E-state index in [0.717, 1.165) is 0 Å². The third-order valence-corrected chi connectivity index (χ3v) is 17.7. The minimum Gasteiger partial charge on any atom is -0.452 e. The fourth-order valence-corrected chi connectivity index (χ4v) is 6.27. The van der Waals surface area contributed by atoms with Gasteiger partial charge in [-0.05, 0) is 57.0 Å². The molecule has 46 heavy (non-hydrogen) atoms. The third-order valence-electron chi connectivity index (χ3n) is 8.65. The Morgan fingerprint density at radius 2 is 1.63 bits per heavy atom. The molecule has 1 fully saturated rings. The number of carbonyl (C=O) groups excluding carboxylic acids is 2. The molecule has 0 bridgehead atoms. The highest BCUT2D eigenvalue weighted by Crippen LogP contribution is 2.42. The zero-order valence-electron chi connectivity index (χ0n) is 30.0. The van der Waals surface area contributed by atoms with Crippen LogP contribution in [0, 0.1) is 11.8 Å². The van der Waals surface area contributed by atoms with Crippen molar-refractivity contribution in [2.75, 3.05) is 19.8 Å². The largest absolute Gasteiger partial charge is 0.452 e. The van der Waals surface area contributed by atoms with E-state index in [0.29, 0.717) is 13.0 Å². The number of aromatic nitrogens is 2. The summed E-state index contributed by atoms with van der Waals surface area (Å²) in [5, 5.41) is 2.45. The van der Waals surface area contributed by atoms with Crippen molar-refractivity contribution in [2.24, 2.45) is 0 Å². The minimum absolute atomic E-state index is 0.00944. The van der Waals surface area contributed by atoms with Crippen molar-refractivity contribution >= 4 is 28.7 Å². The molecule has 1 aliphatic rings. The first-order chi connectivity index (χ1) is 20.8. The maximum absolute atomic E-state index is 12.9. The van der Waals surface area contributed by atoms with Crippen molar-refractivity contribution in [1.29, 1.82) is 0 Å². The number of amides is 1. The van der Waals surface area contributed by atoms with Crippen LogP contribution in [-0.4, -0.2) is 75.8 Å². The molecule has 1 aromatic heterocycles. The standard InChI is InChI=1S/C32H55N3O9Si2/c1-30(2,3)43-29(39)33-17-16-26(36)40-18-14-15-22-20-35(28(38)34-27(22)37)25-19-23(44-46(12,13)32(7,8)9)24(42-25)21-41-45(10,11)31(4,5)6/h20,23-25H,16-19,21H2,1-13H3,(H,33,39)(H,34,37,38). The van der Waals surface area contributed by atoms with E-state index in [1.165, 1.54) is 10.8 Å². The van der Waals surface area contributed by atoms with Crippen LogP contribution in [-0.2, 0) is 27.9 Å². The first-order valence-electron chi connectivity index (χ1n) is 15.8. The number of aromatic amines is 1.